The zero-order valence-electron chi connectivity index (χ0n) is 15.3. The number of fused-ring (bicyclic) bond motifs is 2. The van der Waals surface area contributed by atoms with Crippen molar-refractivity contribution in [3.05, 3.63) is 35.6 Å². The van der Waals surface area contributed by atoms with E-state index in [1.54, 1.807) is 17.0 Å². The van der Waals surface area contributed by atoms with Gasteiger partial charge in [-0.15, -0.1) is 0 Å². The third-order valence-electron chi connectivity index (χ3n) is 6.35. The molecule has 0 bridgehead atoms. The number of hydrogen-bond acceptors (Lipinski definition) is 4. The van der Waals surface area contributed by atoms with E-state index in [0.717, 1.165) is 19.4 Å². The Balaban J connectivity index is 1.38. The molecule has 4 aliphatic rings. The van der Waals surface area contributed by atoms with Crippen LogP contribution in [0.3, 0.4) is 0 Å². The van der Waals surface area contributed by atoms with E-state index in [0.29, 0.717) is 39.4 Å². The zero-order valence-corrected chi connectivity index (χ0v) is 15.3. The maximum atomic E-state index is 14.1. The molecule has 0 unspecified atom stereocenters. The molecule has 3 heterocycles. The second-order valence-electron chi connectivity index (χ2n) is 8.28. The van der Waals surface area contributed by atoms with Gasteiger partial charge in [-0.3, -0.25) is 14.5 Å². The molecule has 1 aromatic rings. The molecule has 3 aliphatic heterocycles. The van der Waals surface area contributed by atoms with E-state index in [4.69, 9.17) is 4.74 Å². The van der Waals surface area contributed by atoms with Crippen LogP contribution in [-0.2, 0) is 9.53 Å². The average molecular weight is 373 g/mol. The Hall–Kier alpha value is -1.99. The summed E-state index contributed by atoms with van der Waals surface area (Å²) in [5.74, 6) is -0.298. The van der Waals surface area contributed by atoms with Crippen molar-refractivity contribution in [3.8, 4) is 0 Å². The number of likely N-dealkylation sites (tertiary alicyclic amines) is 1. The van der Waals surface area contributed by atoms with Crippen molar-refractivity contribution >= 4 is 11.8 Å². The molecule has 1 spiro atoms. The summed E-state index contributed by atoms with van der Waals surface area (Å²) >= 11 is 0. The van der Waals surface area contributed by atoms with E-state index >= 15 is 0 Å². The highest BCUT2D eigenvalue weighted by atomic mass is 19.1. The van der Waals surface area contributed by atoms with Gasteiger partial charge in [0, 0.05) is 38.6 Å². The van der Waals surface area contributed by atoms with Gasteiger partial charge < -0.3 is 14.5 Å². The van der Waals surface area contributed by atoms with Crippen LogP contribution in [0, 0.1) is 11.7 Å². The Morgan fingerprint density at radius 1 is 1.11 bits per heavy atom. The first-order valence-electron chi connectivity index (χ1n) is 9.74. The molecular weight excluding hydrogens is 349 g/mol. The molecule has 1 saturated carbocycles. The standard InChI is InChI=1S/C20H24FN3O3/c21-17-4-2-1-3-16(17)19(26)22-9-15-10-27-8-7-24(15)20(11-22)12-23(13-20)18(25)14-5-6-14/h1-4,14-15H,5-13H2/t15-/m1/s1. The molecule has 1 aromatic carbocycles. The molecule has 2 amide bonds. The number of piperazine rings is 1. The molecule has 6 nitrogen and oxygen atoms in total. The third-order valence-corrected chi connectivity index (χ3v) is 6.35. The van der Waals surface area contributed by atoms with Gasteiger partial charge in [-0.05, 0) is 25.0 Å². The van der Waals surface area contributed by atoms with Crippen LogP contribution < -0.4 is 0 Å². The van der Waals surface area contributed by atoms with Crippen molar-refractivity contribution in [2.45, 2.75) is 24.4 Å². The summed E-state index contributed by atoms with van der Waals surface area (Å²) in [7, 11) is 0. The lowest BCUT2D eigenvalue weighted by molar-refractivity contribution is -0.173. The van der Waals surface area contributed by atoms with Crippen LogP contribution in [0.25, 0.3) is 0 Å². The van der Waals surface area contributed by atoms with Crippen molar-refractivity contribution in [2.24, 2.45) is 5.92 Å². The van der Waals surface area contributed by atoms with Crippen LogP contribution in [0.2, 0.25) is 0 Å². The quantitative estimate of drug-likeness (QED) is 0.775. The van der Waals surface area contributed by atoms with Crippen LogP contribution in [0.15, 0.2) is 24.3 Å². The minimum atomic E-state index is -0.488. The van der Waals surface area contributed by atoms with Gasteiger partial charge in [0.2, 0.25) is 5.91 Å². The van der Waals surface area contributed by atoms with Crippen LogP contribution in [0.1, 0.15) is 23.2 Å². The third kappa shape index (κ3) is 2.84. The van der Waals surface area contributed by atoms with Crippen LogP contribution in [0.4, 0.5) is 4.39 Å². The zero-order chi connectivity index (χ0) is 18.6. The summed E-state index contributed by atoms with van der Waals surface area (Å²) in [5.41, 5.74) is -0.110. The van der Waals surface area contributed by atoms with E-state index in [1.165, 1.54) is 12.1 Å². The first-order valence-corrected chi connectivity index (χ1v) is 9.74. The monoisotopic (exact) mass is 373 g/mol. The Morgan fingerprint density at radius 3 is 2.59 bits per heavy atom. The van der Waals surface area contributed by atoms with Crippen LogP contribution >= 0.6 is 0 Å². The molecule has 144 valence electrons. The second-order valence-corrected chi connectivity index (χ2v) is 8.28. The fraction of sp³-hybridized carbons (Fsp3) is 0.600. The molecular formula is C20H24FN3O3. The molecule has 7 heteroatoms. The molecule has 0 radical (unpaired) electrons. The van der Waals surface area contributed by atoms with Gasteiger partial charge in [-0.1, -0.05) is 12.1 Å². The largest absolute Gasteiger partial charge is 0.378 e. The highest BCUT2D eigenvalue weighted by molar-refractivity contribution is 5.94. The van der Waals surface area contributed by atoms with Gasteiger partial charge >= 0.3 is 0 Å². The van der Waals surface area contributed by atoms with E-state index in [2.05, 4.69) is 4.90 Å². The summed E-state index contributed by atoms with van der Waals surface area (Å²) in [5, 5.41) is 0. The Morgan fingerprint density at radius 2 is 1.85 bits per heavy atom. The predicted octanol–water partition coefficient (Wildman–Crippen LogP) is 0.973. The number of hydrogen-bond donors (Lipinski definition) is 0. The summed E-state index contributed by atoms with van der Waals surface area (Å²) < 4.78 is 19.8. The molecule has 0 N–H and O–H groups in total. The number of carbonyl (C=O) groups is 2. The van der Waals surface area contributed by atoms with E-state index in [9.17, 15) is 14.0 Å². The first kappa shape index (κ1) is 17.1. The molecule has 3 saturated heterocycles. The van der Waals surface area contributed by atoms with Gasteiger partial charge in [-0.25, -0.2) is 4.39 Å². The summed E-state index contributed by atoms with van der Waals surface area (Å²) in [6, 6.07) is 6.24. The number of halogens is 1. The summed E-state index contributed by atoms with van der Waals surface area (Å²) in [4.78, 5) is 31.5. The lowest BCUT2D eigenvalue weighted by Crippen LogP contribution is -2.81. The molecule has 27 heavy (non-hydrogen) atoms. The Labute approximate surface area is 157 Å². The highest BCUT2D eigenvalue weighted by Crippen LogP contribution is 2.40. The van der Waals surface area contributed by atoms with Crippen LogP contribution in [-0.4, -0.2) is 84.0 Å². The Kier molecular flexibility index (Phi) is 3.98. The number of benzene rings is 1. The van der Waals surface area contributed by atoms with Gasteiger partial charge in [0.05, 0.1) is 30.4 Å². The number of ether oxygens (including phenoxy) is 1. The lowest BCUT2D eigenvalue weighted by Gasteiger charge is -2.63. The van der Waals surface area contributed by atoms with Crippen molar-refractivity contribution in [3.63, 3.8) is 0 Å². The normalized spacial score (nSPS) is 27.2. The molecule has 1 aliphatic carbocycles. The number of morpholine rings is 1. The van der Waals surface area contributed by atoms with E-state index < -0.39 is 5.82 Å². The van der Waals surface area contributed by atoms with Crippen LogP contribution in [0.5, 0.6) is 0 Å². The van der Waals surface area contributed by atoms with E-state index in [-0.39, 0.29) is 34.9 Å². The second kappa shape index (κ2) is 6.27. The SMILES string of the molecule is O=C(c1ccccc1F)N1C[C@@H]2COCCN2C2(C1)CN(C(=O)C1CC1)C2. The molecule has 1 atom stereocenters. The van der Waals surface area contributed by atoms with Crippen molar-refractivity contribution in [1.29, 1.82) is 0 Å². The Bertz CT molecular complexity index is 775. The molecule has 4 fully saturated rings. The van der Waals surface area contributed by atoms with Crippen molar-refractivity contribution in [1.82, 2.24) is 14.7 Å². The molecule has 0 aromatic heterocycles. The van der Waals surface area contributed by atoms with Crippen molar-refractivity contribution in [2.75, 3.05) is 45.9 Å². The number of amides is 2. The maximum absolute atomic E-state index is 14.1. The topological polar surface area (TPSA) is 53.1 Å². The lowest BCUT2D eigenvalue weighted by atomic mass is 9.82. The fourth-order valence-corrected chi connectivity index (χ4v) is 4.85. The first-order chi connectivity index (χ1) is 13.1. The highest BCUT2D eigenvalue weighted by Gasteiger charge is 2.57. The van der Waals surface area contributed by atoms with Gasteiger partial charge in [-0.2, -0.15) is 0 Å². The van der Waals surface area contributed by atoms with Gasteiger partial charge in [0.15, 0.2) is 0 Å². The fourth-order valence-electron chi connectivity index (χ4n) is 4.85. The number of rotatable bonds is 2. The predicted molar refractivity (Wildman–Crippen MR) is 95.7 cm³/mol. The minimum Gasteiger partial charge on any atom is -0.378 e. The molecule has 5 rings (SSSR count). The maximum Gasteiger partial charge on any atom is 0.256 e. The van der Waals surface area contributed by atoms with E-state index in [1.807, 2.05) is 4.90 Å². The summed E-state index contributed by atoms with van der Waals surface area (Å²) in [6.45, 7) is 4.43. The van der Waals surface area contributed by atoms with Crippen molar-refractivity contribution < 1.29 is 18.7 Å². The smallest absolute Gasteiger partial charge is 0.256 e. The number of nitrogens with zero attached hydrogens (tertiary/aromatic N) is 3. The minimum absolute atomic E-state index is 0.0985. The number of carbonyl (C=O) groups excluding carboxylic acids is 2. The summed E-state index contributed by atoms with van der Waals surface area (Å²) in [6.07, 6.45) is 2.00. The average Bonchev–Trinajstić information content (AvgIpc) is 3.50. The van der Waals surface area contributed by atoms with Gasteiger partial charge in [0.1, 0.15) is 5.82 Å². The van der Waals surface area contributed by atoms with Gasteiger partial charge in [0.25, 0.3) is 5.91 Å².